The summed E-state index contributed by atoms with van der Waals surface area (Å²) in [6.07, 6.45) is 2.92. The van der Waals surface area contributed by atoms with Gasteiger partial charge < -0.3 is 4.74 Å². The maximum absolute atomic E-state index is 11.8. The van der Waals surface area contributed by atoms with E-state index in [1.165, 1.54) is 0 Å². The van der Waals surface area contributed by atoms with E-state index in [1.807, 2.05) is 6.92 Å². The lowest BCUT2D eigenvalue weighted by Crippen LogP contribution is -2.39. The zero-order valence-electron chi connectivity index (χ0n) is 14.2. The van der Waals surface area contributed by atoms with E-state index in [1.54, 1.807) is 31.4 Å². The van der Waals surface area contributed by atoms with Gasteiger partial charge in [0.2, 0.25) is 0 Å². The van der Waals surface area contributed by atoms with Crippen LogP contribution >= 0.6 is 11.6 Å². The first-order chi connectivity index (χ1) is 11.0. The molecule has 23 heavy (non-hydrogen) atoms. The number of rotatable bonds is 8. The number of ether oxygens (including phenoxy) is 1. The molecule has 1 rings (SSSR count). The predicted molar refractivity (Wildman–Crippen MR) is 94.2 cm³/mol. The van der Waals surface area contributed by atoms with Crippen molar-refractivity contribution in [1.82, 2.24) is 0 Å². The van der Waals surface area contributed by atoms with Gasteiger partial charge in [-0.15, -0.1) is 0 Å². The lowest BCUT2D eigenvalue weighted by atomic mass is 9.88. The van der Waals surface area contributed by atoms with Crippen molar-refractivity contribution >= 4 is 29.1 Å². The van der Waals surface area contributed by atoms with Crippen LogP contribution in [-0.4, -0.2) is 24.5 Å². The topological polar surface area (TPSA) is 59.9 Å². The third kappa shape index (κ3) is 5.84. The van der Waals surface area contributed by atoms with Gasteiger partial charge in [0.25, 0.3) is 0 Å². The second-order valence-corrected chi connectivity index (χ2v) is 5.82. The van der Waals surface area contributed by atoms with Crippen molar-refractivity contribution in [3.05, 3.63) is 29.3 Å². The van der Waals surface area contributed by atoms with Gasteiger partial charge in [0.15, 0.2) is 0 Å². The monoisotopic (exact) mass is 340 g/mol. The molecule has 0 radical (unpaired) electrons. The second-order valence-electron chi connectivity index (χ2n) is 5.39. The van der Waals surface area contributed by atoms with E-state index in [4.69, 9.17) is 21.2 Å². The second kappa shape index (κ2) is 9.53. The van der Waals surface area contributed by atoms with Gasteiger partial charge in [-0.2, -0.15) is 0 Å². The molecule has 0 unspecified atom stereocenters. The summed E-state index contributed by atoms with van der Waals surface area (Å²) in [5, 5.41) is 7.16. The molecule has 6 heteroatoms. The summed E-state index contributed by atoms with van der Waals surface area (Å²) in [4.78, 5) is 16.8. The number of halogens is 1. The van der Waals surface area contributed by atoms with Crippen LogP contribution in [0, 0.1) is 0 Å². The number of hydrogen-bond donors (Lipinski definition) is 1. The van der Waals surface area contributed by atoms with Crippen LogP contribution < -0.4 is 5.32 Å². The molecule has 0 aromatic heterocycles. The first kappa shape index (κ1) is 19.5. The van der Waals surface area contributed by atoms with Crippen LogP contribution in [0.2, 0.25) is 5.02 Å². The average molecular weight is 341 g/mol. The Morgan fingerprint density at radius 2 is 1.78 bits per heavy atom. The molecule has 0 spiro atoms. The SMILES string of the molecule is CCCC(CCC)(OC)/C(C)=N/OC(=O)Nc1ccc(Cl)cc1. The van der Waals surface area contributed by atoms with Crippen molar-refractivity contribution < 1.29 is 14.4 Å². The molecule has 0 aliphatic carbocycles. The van der Waals surface area contributed by atoms with Gasteiger partial charge in [0, 0.05) is 17.8 Å². The van der Waals surface area contributed by atoms with Gasteiger partial charge in [-0.05, 0) is 44.0 Å². The fraction of sp³-hybridized carbons (Fsp3) is 0.529. The number of hydrogen-bond acceptors (Lipinski definition) is 4. The number of nitrogens with zero attached hydrogens (tertiary/aromatic N) is 1. The molecular weight excluding hydrogens is 316 g/mol. The lowest BCUT2D eigenvalue weighted by molar-refractivity contribution is 0.0305. The molecule has 0 fully saturated rings. The molecule has 0 saturated heterocycles. The van der Waals surface area contributed by atoms with Crippen LogP contribution in [0.5, 0.6) is 0 Å². The van der Waals surface area contributed by atoms with E-state index in [2.05, 4.69) is 24.3 Å². The highest BCUT2D eigenvalue weighted by molar-refractivity contribution is 6.30. The van der Waals surface area contributed by atoms with Crippen molar-refractivity contribution in [2.75, 3.05) is 12.4 Å². The molecule has 1 aromatic rings. The Balaban J connectivity index is 2.72. The quantitative estimate of drug-likeness (QED) is 0.399. The van der Waals surface area contributed by atoms with Gasteiger partial charge in [-0.1, -0.05) is 43.4 Å². The van der Waals surface area contributed by atoms with Gasteiger partial charge in [0.1, 0.15) is 5.60 Å². The lowest BCUT2D eigenvalue weighted by Gasteiger charge is -2.31. The predicted octanol–water partition coefficient (Wildman–Crippen LogP) is 5.25. The number of nitrogens with one attached hydrogen (secondary N) is 1. The van der Waals surface area contributed by atoms with Gasteiger partial charge in [0.05, 0.1) is 5.71 Å². The molecule has 1 N–H and O–H groups in total. The Labute approximate surface area is 143 Å². The first-order valence-corrected chi connectivity index (χ1v) is 8.19. The normalized spacial score (nSPS) is 12.1. The molecule has 0 atom stereocenters. The summed E-state index contributed by atoms with van der Waals surface area (Å²) in [6, 6.07) is 6.75. The molecule has 0 aliphatic heterocycles. The number of oxime groups is 1. The van der Waals surface area contributed by atoms with Crippen LogP contribution in [0.15, 0.2) is 29.4 Å². The smallest absolute Gasteiger partial charge is 0.372 e. The molecule has 0 aliphatic rings. The Morgan fingerprint density at radius 1 is 1.22 bits per heavy atom. The maximum Gasteiger partial charge on any atom is 0.437 e. The fourth-order valence-electron chi connectivity index (χ4n) is 2.51. The Bertz CT molecular complexity index is 523. The summed E-state index contributed by atoms with van der Waals surface area (Å²) in [6.45, 7) is 6.00. The zero-order chi connectivity index (χ0) is 17.3. The van der Waals surface area contributed by atoms with Crippen LogP contribution in [0.1, 0.15) is 46.5 Å². The van der Waals surface area contributed by atoms with E-state index < -0.39 is 11.7 Å². The van der Waals surface area contributed by atoms with Crippen LogP contribution in [0.4, 0.5) is 10.5 Å². The minimum atomic E-state index is -0.648. The molecule has 0 saturated carbocycles. The van der Waals surface area contributed by atoms with Crippen molar-refractivity contribution in [3.8, 4) is 0 Å². The highest BCUT2D eigenvalue weighted by Crippen LogP contribution is 2.26. The van der Waals surface area contributed by atoms with Crippen molar-refractivity contribution in [2.45, 2.75) is 52.1 Å². The Hall–Kier alpha value is -1.59. The molecule has 5 nitrogen and oxygen atoms in total. The van der Waals surface area contributed by atoms with Crippen molar-refractivity contribution in [3.63, 3.8) is 0 Å². The number of methoxy groups -OCH3 is 1. The van der Waals surface area contributed by atoms with Crippen LogP contribution in [0.3, 0.4) is 0 Å². The summed E-state index contributed by atoms with van der Waals surface area (Å²) in [5.41, 5.74) is 0.770. The van der Waals surface area contributed by atoms with Crippen LogP contribution in [0.25, 0.3) is 0 Å². The van der Waals surface area contributed by atoms with Crippen LogP contribution in [-0.2, 0) is 9.57 Å². The van der Waals surface area contributed by atoms with Gasteiger partial charge in [-0.3, -0.25) is 10.2 Å². The summed E-state index contributed by atoms with van der Waals surface area (Å²) >= 11 is 5.80. The van der Waals surface area contributed by atoms with E-state index >= 15 is 0 Å². The number of carbonyl (C=O) groups excluding carboxylic acids is 1. The molecule has 128 valence electrons. The minimum Gasteiger partial charge on any atom is -0.372 e. The van der Waals surface area contributed by atoms with Crippen molar-refractivity contribution in [2.24, 2.45) is 5.16 Å². The maximum atomic E-state index is 11.8. The third-order valence-corrected chi connectivity index (χ3v) is 3.97. The highest BCUT2D eigenvalue weighted by Gasteiger charge is 2.32. The van der Waals surface area contributed by atoms with Crippen molar-refractivity contribution in [1.29, 1.82) is 0 Å². The summed E-state index contributed by atoms with van der Waals surface area (Å²) in [5.74, 6) is 0. The molecule has 0 bridgehead atoms. The number of amides is 1. The third-order valence-electron chi connectivity index (χ3n) is 3.71. The highest BCUT2D eigenvalue weighted by atomic mass is 35.5. The minimum absolute atomic E-state index is 0.482. The van der Waals surface area contributed by atoms with Gasteiger partial charge in [-0.25, -0.2) is 4.79 Å². The van der Waals surface area contributed by atoms with E-state index in [0.29, 0.717) is 16.4 Å². The number of benzene rings is 1. The molecule has 1 amide bonds. The standard InChI is InChI=1S/C17H25ClN2O3/c1-5-11-17(22-4,12-6-2)13(3)20-23-16(21)19-15-9-7-14(18)8-10-15/h7-10H,5-6,11-12H2,1-4H3,(H,19,21)/b20-13+. The molecule has 1 aromatic carbocycles. The summed E-state index contributed by atoms with van der Waals surface area (Å²) in [7, 11) is 1.66. The molecular formula is C17H25ClN2O3. The van der Waals surface area contributed by atoms with E-state index in [0.717, 1.165) is 25.7 Å². The Morgan fingerprint density at radius 3 is 2.26 bits per heavy atom. The number of carbonyl (C=O) groups is 1. The summed E-state index contributed by atoms with van der Waals surface area (Å²) < 4.78 is 5.69. The van der Waals surface area contributed by atoms with E-state index in [9.17, 15) is 4.79 Å². The number of anilines is 1. The van der Waals surface area contributed by atoms with Gasteiger partial charge >= 0.3 is 6.09 Å². The zero-order valence-corrected chi connectivity index (χ0v) is 14.9. The average Bonchev–Trinajstić information content (AvgIpc) is 2.54. The Kier molecular flexibility index (Phi) is 8.06. The first-order valence-electron chi connectivity index (χ1n) is 7.81. The fourth-order valence-corrected chi connectivity index (χ4v) is 2.64. The largest absolute Gasteiger partial charge is 0.437 e. The van der Waals surface area contributed by atoms with E-state index in [-0.39, 0.29) is 0 Å². The molecule has 0 heterocycles.